The summed E-state index contributed by atoms with van der Waals surface area (Å²) in [5, 5.41) is 3.20. The Kier molecular flexibility index (Phi) is 4.47. The van der Waals surface area contributed by atoms with Crippen molar-refractivity contribution in [2.24, 2.45) is 0 Å². The fourth-order valence-corrected chi connectivity index (χ4v) is 2.33. The van der Waals surface area contributed by atoms with Crippen molar-refractivity contribution >= 4 is 5.91 Å². The lowest BCUT2D eigenvalue weighted by Crippen LogP contribution is -2.38. The molecule has 1 heterocycles. The zero-order valence-corrected chi connectivity index (χ0v) is 11.0. The molecule has 1 N–H and O–H groups in total. The molecule has 2 rings (SSSR count). The molecule has 0 aliphatic carbocycles. The van der Waals surface area contributed by atoms with Crippen LogP contribution < -0.4 is 5.32 Å². The number of hydrogen-bond acceptors (Lipinski definition) is 2. The lowest BCUT2D eigenvalue weighted by Gasteiger charge is -2.23. The zero-order chi connectivity index (χ0) is 13.8. The van der Waals surface area contributed by atoms with Crippen LogP contribution in [0, 0.1) is 11.6 Å². The van der Waals surface area contributed by atoms with Gasteiger partial charge in [0.1, 0.15) is 11.6 Å². The first kappa shape index (κ1) is 13.9. The Morgan fingerprint density at radius 2 is 2.26 bits per heavy atom. The van der Waals surface area contributed by atoms with Gasteiger partial charge in [0.05, 0.1) is 0 Å². The molecule has 0 aromatic heterocycles. The summed E-state index contributed by atoms with van der Waals surface area (Å²) in [6.45, 7) is 1.72. The van der Waals surface area contributed by atoms with E-state index >= 15 is 0 Å². The molecule has 1 aliphatic heterocycles. The lowest BCUT2D eigenvalue weighted by molar-refractivity contribution is -0.131. The van der Waals surface area contributed by atoms with Crippen molar-refractivity contribution in [3.63, 3.8) is 0 Å². The smallest absolute Gasteiger partial charge is 0.222 e. The van der Waals surface area contributed by atoms with Crippen molar-refractivity contribution in [3.05, 3.63) is 35.4 Å². The van der Waals surface area contributed by atoms with E-state index in [0.717, 1.165) is 37.7 Å². The lowest BCUT2D eigenvalue weighted by atomic mass is 10.1. The van der Waals surface area contributed by atoms with Crippen LogP contribution in [0.3, 0.4) is 0 Å². The molecule has 1 aromatic carbocycles. The average Bonchev–Trinajstić information content (AvgIpc) is 2.92. The number of nitrogens with zero attached hydrogens (tertiary/aromatic N) is 1. The molecule has 0 bridgehead atoms. The van der Waals surface area contributed by atoms with Crippen molar-refractivity contribution in [3.8, 4) is 0 Å². The molecule has 1 aliphatic rings. The quantitative estimate of drug-likeness (QED) is 0.901. The minimum Gasteiger partial charge on any atom is -0.341 e. The highest BCUT2D eigenvalue weighted by molar-refractivity contribution is 5.76. The third kappa shape index (κ3) is 3.50. The Balaban J connectivity index is 1.90. The fraction of sp³-hybridized carbons (Fsp3) is 0.500. The second kappa shape index (κ2) is 6.10. The number of benzene rings is 1. The molecule has 1 unspecified atom stereocenters. The molecule has 3 nitrogen and oxygen atoms in total. The largest absolute Gasteiger partial charge is 0.341 e. The fourth-order valence-electron chi connectivity index (χ4n) is 2.33. The summed E-state index contributed by atoms with van der Waals surface area (Å²) < 4.78 is 26.4. The van der Waals surface area contributed by atoms with Gasteiger partial charge in [-0.1, -0.05) is 0 Å². The number of hydrogen-bond donors (Lipinski definition) is 1. The Morgan fingerprint density at radius 1 is 1.47 bits per heavy atom. The molecule has 0 radical (unpaired) electrons. The van der Waals surface area contributed by atoms with E-state index in [4.69, 9.17) is 0 Å². The van der Waals surface area contributed by atoms with Crippen LogP contribution in [-0.2, 0) is 11.2 Å². The van der Waals surface area contributed by atoms with Crippen LogP contribution in [0.2, 0.25) is 0 Å². The highest BCUT2D eigenvalue weighted by Crippen LogP contribution is 2.14. The van der Waals surface area contributed by atoms with Gasteiger partial charge in [0.15, 0.2) is 0 Å². The first-order chi connectivity index (χ1) is 9.08. The number of halogens is 2. The molecule has 19 heavy (non-hydrogen) atoms. The molecular formula is C14H18F2N2O. The van der Waals surface area contributed by atoms with Crippen LogP contribution in [0.25, 0.3) is 0 Å². The van der Waals surface area contributed by atoms with E-state index in [2.05, 4.69) is 5.32 Å². The number of likely N-dealkylation sites (N-methyl/N-ethyl adjacent to an activating group) is 1. The maximum Gasteiger partial charge on any atom is 0.222 e. The number of amides is 1. The summed E-state index contributed by atoms with van der Waals surface area (Å²) >= 11 is 0. The molecule has 1 aromatic rings. The van der Waals surface area contributed by atoms with Gasteiger partial charge in [0, 0.05) is 26.1 Å². The number of aryl methyl sites for hydroxylation is 1. The summed E-state index contributed by atoms with van der Waals surface area (Å²) in [7, 11) is 1.77. The van der Waals surface area contributed by atoms with Crippen LogP contribution in [0.15, 0.2) is 18.2 Å². The van der Waals surface area contributed by atoms with Gasteiger partial charge >= 0.3 is 0 Å². The summed E-state index contributed by atoms with van der Waals surface area (Å²) in [6, 6.07) is 3.54. The molecular weight excluding hydrogens is 250 g/mol. The van der Waals surface area contributed by atoms with Crippen LogP contribution in [0.4, 0.5) is 8.78 Å². The Morgan fingerprint density at radius 3 is 2.95 bits per heavy atom. The summed E-state index contributed by atoms with van der Waals surface area (Å²) in [5.41, 5.74) is 0.256. The maximum atomic E-state index is 13.4. The van der Waals surface area contributed by atoms with Gasteiger partial charge in [-0.05, 0) is 43.1 Å². The van der Waals surface area contributed by atoms with Crippen molar-refractivity contribution in [2.75, 3.05) is 20.1 Å². The number of carbonyl (C=O) groups is 1. The van der Waals surface area contributed by atoms with E-state index in [0.29, 0.717) is 0 Å². The highest BCUT2D eigenvalue weighted by Gasteiger charge is 2.22. The highest BCUT2D eigenvalue weighted by atomic mass is 19.1. The maximum absolute atomic E-state index is 13.4. The second-order valence-electron chi connectivity index (χ2n) is 4.89. The second-order valence-corrected chi connectivity index (χ2v) is 4.89. The molecule has 1 atom stereocenters. The van der Waals surface area contributed by atoms with Crippen LogP contribution >= 0.6 is 0 Å². The van der Waals surface area contributed by atoms with E-state index < -0.39 is 11.6 Å². The van der Waals surface area contributed by atoms with Crippen molar-refractivity contribution in [1.29, 1.82) is 0 Å². The van der Waals surface area contributed by atoms with Gasteiger partial charge in [-0.2, -0.15) is 0 Å². The van der Waals surface area contributed by atoms with Gasteiger partial charge in [-0.3, -0.25) is 4.79 Å². The van der Waals surface area contributed by atoms with E-state index in [1.54, 1.807) is 11.9 Å². The molecule has 104 valence electrons. The predicted octanol–water partition coefficient (Wildman–Crippen LogP) is 1.72. The van der Waals surface area contributed by atoms with Gasteiger partial charge < -0.3 is 10.2 Å². The molecule has 1 fully saturated rings. The monoisotopic (exact) mass is 268 g/mol. The van der Waals surface area contributed by atoms with Gasteiger partial charge in [0.25, 0.3) is 0 Å². The normalized spacial score (nSPS) is 18.6. The third-order valence-corrected chi connectivity index (χ3v) is 3.59. The van der Waals surface area contributed by atoms with Crippen LogP contribution in [-0.4, -0.2) is 37.0 Å². The van der Waals surface area contributed by atoms with Crippen molar-refractivity contribution in [2.45, 2.75) is 25.3 Å². The van der Waals surface area contributed by atoms with Crippen LogP contribution in [0.5, 0.6) is 0 Å². The SMILES string of the molecule is CN(C(=O)CCc1cc(F)ccc1F)C1CCNC1. The van der Waals surface area contributed by atoms with Crippen molar-refractivity contribution < 1.29 is 13.6 Å². The minimum atomic E-state index is -0.475. The van der Waals surface area contributed by atoms with Gasteiger partial charge in [0.2, 0.25) is 5.91 Å². The Hall–Kier alpha value is -1.49. The van der Waals surface area contributed by atoms with E-state index in [9.17, 15) is 13.6 Å². The predicted molar refractivity (Wildman–Crippen MR) is 68.7 cm³/mol. The van der Waals surface area contributed by atoms with Gasteiger partial charge in [-0.25, -0.2) is 8.78 Å². The number of carbonyl (C=O) groups excluding carboxylic acids is 1. The van der Waals surface area contributed by atoms with E-state index in [1.165, 1.54) is 0 Å². The molecule has 0 spiro atoms. The van der Waals surface area contributed by atoms with Gasteiger partial charge in [-0.15, -0.1) is 0 Å². The summed E-state index contributed by atoms with van der Waals surface area (Å²) in [6.07, 6.45) is 1.37. The third-order valence-electron chi connectivity index (χ3n) is 3.59. The number of nitrogens with one attached hydrogen (secondary N) is 1. The summed E-state index contributed by atoms with van der Waals surface area (Å²) in [4.78, 5) is 13.7. The number of rotatable bonds is 4. The summed E-state index contributed by atoms with van der Waals surface area (Å²) in [5.74, 6) is -0.964. The Labute approximate surface area is 111 Å². The first-order valence-corrected chi connectivity index (χ1v) is 6.48. The zero-order valence-electron chi connectivity index (χ0n) is 11.0. The molecule has 1 saturated heterocycles. The molecule has 5 heteroatoms. The van der Waals surface area contributed by atoms with Crippen LogP contribution in [0.1, 0.15) is 18.4 Å². The van der Waals surface area contributed by atoms with Crippen molar-refractivity contribution in [1.82, 2.24) is 10.2 Å². The average molecular weight is 268 g/mol. The standard InChI is InChI=1S/C14H18F2N2O/c1-18(12-6-7-17-9-12)14(19)5-2-10-8-11(15)3-4-13(10)16/h3-4,8,12,17H,2,5-7,9H2,1H3. The minimum absolute atomic E-state index is 0.0302. The topological polar surface area (TPSA) is 32.3 Å². The molecule has 1 amide bonds. The van der Waals surface area contributed by atoms with E-state index in [1.807, 2.05) is 0 Å². The Bertz CT molecular complexity index is 459. The molecule has 0 saturated carbocycles. The van der Waals surface area contributed by atoms with E-state index in [-0.39, 0.29) is 30.4 Å². The first-order valence-electron chi connectivity index (χ1n) is 6.48.